The summed E-state index contributed by atoms with van der Waals surface area (Å²) < 4.78 is 4.72. The summed E-state index contributed by atoms with van der Waals surface area (Å²) in [5.41, 5.74) is 1.10. The molecule has 26 heavy (non-hydrogen) atoms. The molecule has 0 aliphatic heterocycles. The molecule has 0 N–H and O–H groups in total. The van der Waals surface area contributed by atoms with Crippen molar-refractivity contribution < 1.29 is 19.2 Å². The number of hydrogen-bond acceptors (Lipinski definition) is 5. The average Bonchev–Trinajstić information content (AvgIpc) is 2.65. The molecule has 0 heterocycles. The first-order valence-corrected chi connectivity index (χ1v) is 8.05. The summed E-state index contributed by atoms with van der Waals surface area (Å²) in [5.74, 6) is -1.55. The van der Waals surface area contributed by atoms with E-state index in [1.165, 1.54) is 30.2 Å². The second-order valence-corrected chi connectivity index (χ2v) is 5.90. The number of carbonyl (C=O) groups excluding carboxylic acids is 2. The molecule has 0 aliphatic carbocycles. The third-order valence-electron chi connectivity index (χ3n) is 4.05. The van der Waals surface area contributed by atoms with Crippen molar-refractivity contribution in [3.8, 4) is 0 Å². The Hall–Kier alpha value is -3.22. The second kappa shape index (κ2) is 8.24. The number of anilines is 1. The van der Waals surface area contributed by atoms with Gasteiger partial charge in [0.1, 0.15) is 5.69 Å². The van der Waals surface area contributed by atoms with Crippen LogP contribution in [0.1, 0.15) is 22.8 Å². The predicted molar refractivity (Wildman–Crippen MR) is 97.1 cm³/mol. The highest BCUT2D eigenvalue weighted by molar-refractivity contribution is 6.08. The van der Waals surface area contributed by atoms with Crippen molar-refractivity contribution in [2.75, 3.05) is 18.6 Å². The van der Waals surface area contributed by atoms with Crippen LogP contribution in [-0.4, -0.2) is 30.5 Å². The van der Waals surface area contributed by atoms with Crippen LogP contribution >= 0.6 is 0 Å². The lowest BCUT2D eigenvalue weighted by molar-refractivity contribution is -0.384. The lowest BCUT2D eigenvalue weighted by atomic mass is 10.1. The number of rotatable bonds is 6. The number of esters is 1. The molecule has 0 radical (unpaired) electrons. The molecule has 0 spiro atoms. The Bertz CT molecular complexity index is 834. The van der Waals surface area contributed by atoms with Crippen molar-refractivity contribution in [3.05, 3.63) is 69.8 Å². The highest BCUT2D eigenvalue weighted by Crippen LogP contribution is 2.30. The largest absolute Gasteiger partial charge is 0.469 e. The van der Waals surface area contributed by atoms with Crippen LogP contribution in [0.5, 0.6) is 0 Å². The summed E-state index contributed by atoms with van der Waals surface area (Å²) in [5, 5.41) is 11.4. The van der Waals surface area contributed by atoms with Crippen LogP contribution in [0.25, 0.3) is 0 Å². The molecule has 0 aromatic heterocycles. The number of amides is 1. The van der Waals surface area contributed by atoms with Gasteiger partial charge in [-0.15, -0.1) is 0 Å². The van der Waals surface area contributed by atoms with Gasteiger partial charge in [-0.05, 0) is 24.6 Å². The molecule has 1 atom stereocenters. The molecule has 0 fully saturated rings. The highest BCUT2D eigenvalue weighted by atomic mass is 16.6. The van der Waals surface area contributed by atoms with E-state index in [9.17, 15) is 19.7 Å². The summed E-state index contributed by atoms with van der Waals surface area (Å²) in [6, 6.07) is 12.9. The molecule has 0 bridgehead atoms. The van der Waals surface area contributed by atoms with Crippen LogP contribution < -0.4 is 4.90 Å². The third-order valence-corrected chi connectivity index (χ3v) is 4.05. The van der Waals surface area contributed by atoms with Crippen molar-refractivity contribution in [1.29, 1.82) is 0 Å². The molecular formula is C19H20N2O5. The summed E-state index contributed by atoms with van der Waals surface area (Å²) in [7, 11) is 1.26. The van der Waals surface area contributed by atoms with Crippen LogP contribution in [-0.2, 0) is 9.53 Å². The van der Waals surface area contributed by atoms with Crippen LogP contribution in [0.3, 0.4) is 0 Å². The molecule has 2 rings (SSSR count). The van der Waals surface area contributed by atoms with E-state index in [2.05, 4.69) is 0 Å². The first-order chi connectivity index (χ1) is 12.4. The monoisotopic (exact) mass is 356 g/mol. The van der Waals surface area contributed by atoms with E-state index in [4.69, 9.17) is 4.74 Å². The maximum absolute atomic E-state index is 13.1. The molecule has 1 unspecified atom stereocenters. The van der Waals surface area contributed by atoms with Crippen molar-refractivity contribution in [2.45, 2.75) is 13.8 Å². The summed E-state index contributed by atoms with van der Waals surface area (Å²) in [4.78, 5) is 37.1. The zero-order valence-electron chi connectivity index (χ0n) is 14.8. The Morgan fingerprint density at radius 1 is 1.15 bits per heavy atom. The van der Waals surface area contributed by atoms with Gasteiger partial charge in [0.25, 0.3) is 11.6 Å². The number of nitro groups is 1. The fourth-order valence-corrected chi connectivity index (χ4v) is 2.65. The standard InChI is InChI=1S/C19H20N2O5/c1-13-8-4-5-9-15(13)18(22)20(12-14(2)19(23)26-3)16-10-6-7-11-17(16)21(24)25/h4-11,14H,12H2,1-3H3. The van der Waals surface area contributed by atoms with E-state index in [1.807, 2.05) is 0 Å². The maximum atomic E-state index is 13.1. The Labute approximate surface area is 151 Å². The van der Waals surface area contributed by atoms with Crippen molar-refractivity contribution in [2.24, 2.45) is 5.92 Å². The van der Waals surface area contributed by atoms with Gasteiger partial charge in [0.2, 0.25) is 0 Å². The molecule has 7 nitrogen and oxygen atoms in total. The Kier molecular flexibility index (Phi) is 6.06. The van der Waals surface area contributed by atoms with Crippen molar-refractivity contribution in [1.82, 2.24) is 0 Å². The van der Waals surface area contributed by atoms with E-state index >= 15 is 0 Å². The minimum Gasteiger partial charge on any atom is -0.469 e. The number of aryl methyl sites for hydroxylation is 1. The van der Waals surface area contributed by atoms with Gasteiger partial charge in [0.05, 0.1) is 18.0 Å². The summed E-state index contributed by atoms with van der Waals surface area (Å²) in [6.45, 7) is 3.36. The van der Waals surface area contributed by atoms with Gasteiger partial charge in [-0.3, -0.25) is 19.7 Å². The smallest absolute Gasteiger partial charge is 0.310 e. The Morgan fingerprint density at radius 2 is 1.77 bits per heavy atom. The van der Waals surface area contributed by atoms with Gasteiger partial charge in [0, 0.05) is 18.2 Å². The lowest BCUT2D eigenvalue weighted by Gasteiger charge is -2.25. The molecule has 2 aromatic rings. The number of para-hydroxylation sites is 2. The van der Waals surface area contributed by atoms with Crippen molar-refractivity contribution >= 4 is 23.3 Å². The zero-order valence-corrected chi connectivity index (χ0v) is 14.8. The molecule has 0 saturated heterocycles. The number of carbonyl (C=O) groups is 2. The molecule has 0 saturated carbocycles. The third kappa shape index (κ3) is 4.05. The van der Waals surface area contributed by atoms with Crippen LogP contribution in [0.15, 0.2) is 48.5 Å². The molecule has 1 amide bonds. The summed E-state index contributed by atoms with van der Waals surface area (Å²) >= 11 is 0. The SMILES string of the molecule is COC(=O)C(C)CN(C(=O)c1ccccc1C)c1ccccc1[N+](=O)[O-]. The Morgan fingerprint density at radius 3 is 2.38 bits per heavy atom. The van der Waals surface area contributed by atoms with E-state index in [1.54, 1.807) is 44.2 Å². The van der Waals surface area contributed by atoms with Gasteiger partial charge in [0.15, 0.2) is 0 Å². The number of benzene rings is 2. The van der Waals surface area contributed by atoms with E-state index in [-0.39, 0.29) is 17.9 Å². The molecule has 136 valence electrons. The van der Waals surface area contributed by atoms with Crippen LogP contribution in [0, 0.1) is 23.0 Å². The zero-order chi connectivity index (χ0) is 19.3. The lowest BCUT2D eigenvalue weighted by Crippen LogP contribution is -2.38. The summed E-state index contributed by atoms with van der Waals surface area (Å²) in [6.07, 6.45) is 0. The number of nitrogens with zero attached hydrogens (tertiary/aromatic N) is 2. The van der Waals surface area contributed by atoms with Gasteiger partial charge in [-0.2, -0.15) is 0 Å². The highest BCUT2D eigenvalue weighted by Gasteiger charge is 2.29. The maximum Gasteiger partial charge on any atom is 0.310 e. The normalized spacial score (nSPS) is 11.5. The number of nitro benzene ring substituents is 1. The van der Waals surface area contributed by atoms with Gasteiger partial charge in [-0.25, -0.2) is 0 Å². The molecular weight excluding hydrogens is 336 g/mol. The fraction of sp³-hybridized carbons (Fsp3) is 0.263. The van der Waals surface area contributed by atoms with Crippen LogP contribution in [0.2, 0.25) is 0 Å². The fourth-order valence-electron chi connectivity index (χ4n) is 2.65. The molecule has 7 heteroatoms. The average molecular weight is 356 g/mol. The number of ether oxygens (including phenoxy) is 1. The first-order valence-electron chi connectivity index (χ1n) is 8.05. The number of methoxy groups -OCH3 is 1. The quantitative estimate of drug-likeness (QED) is 0.450. The number of hydrogen-bond donors (Lipinski definition) is 0. The predicted octanol–water partition coefficient (Wildman–Crippen LogP) is 3.36. The van der Waals surface area contributed by atoms with Gasteiger partial charge in [-0.1, -0.05) is 37.3 Å². The Balaban J connectivity index is 2.53. The van der Waals surface area contributed by atoms with Gasteiger partial charge >= 0.3 is 5.97 Å². The minimum atomic E-state index is -0.646. The first kappa shape index (κ1) is 19.1. The van der Waals surface area contributed by atoms with E-state index in [0.717, 1.165) is 5.56 Å². The van der Waals surface area contributed by atoms with Crippen molar-refractivity contribution in [3.63, 3.8) is 0 Å². The second-order valence-electron chi connectivity index (χ2n) is 5.90. The topological polar surface area (TPSA) is 89.8 Å². The van der Waals surface area contributed by atoms with Gasteiger partial charge < -0.3 is 9.64 Å². The molecule has 0 aliphatic rings. The van der Waals surface area contributed by atoms with E-state index in [0.29, 0.717) is 5.56 Å². The minimum absolute atomic E-state index is 0.0370. The molecule has 2 aromatic carbocycles. The van der Waals surface area contributed by atoms with Crippen LogP contribution in [0.4, 0.5) is 11.4 Å². The van der Waals surface area contributed by atoms with E-state index < -0.39 is 22.7 Å².